The van der Waals surface area contributed by atoms with Gasteiger partial charge in [-0.25, -0.2) is 4.98 Å². The molecule has 0 radical (unpaired) electrons. The fourth-order valence-corrected chi connectivity index (χ4v) is 1.55. The van der Waals surface area contributed by atoms with Gasteiger partial charge in [0.1, 0.15) is 0 Å². The minimum absolute atomic E-state index is 0.0221. The van der Waals surface area contributed by atoms with Crippen LogP contribution in [0.5, 0.6) is 0 Å². The van der Waals surface area contributed by atoms with Crippen LogP contribution in [0.4, 0.5) is 5.13 Å². The molecule has 0 spiro atoms. The number of aldehydes is 1. The Kier molecular flexibility index (Phi) is 4.59. The Morgan fingerprint density at radius 3 is 2.88 bits per heavy atom. The van der Waals surface area contributed by atoms with Crippen LogP contribution >= 0.6 is 11.3 Å². The van der Waals surface area contributed by atoms with Gasteiger partial charge in [0.2, 0.25) is 5.91 Å². The number of amides is 1. The molecule has 86 valence electrons. The first-order valence-corrected chi connectivity index (χ1v) is 5.25. The molecule has 0 bridgehead atoms. The van der Waals surface area contributed by atoms with Crippen molar-refractivity contribution in [2.24, 2.45) is 0 Å². The van der Waals surface area contributed by atoms with Gasteiger partial charge in [0.15, 0.2) is 11.4 Å². The Balaban J connectivity index is 2.39. The Hall–Kier alpha value is -1.76. The summed E-state index contributed by atoms with van der Waals surface area (Å²) in [5.41, 5.74) is 0. The molecule has 16 heavy (non-hydrogen) atoms. The lowest BCUT2D eigenvalue weighted by atomic mass is 10.3. The Morgan fingerprint density at radius 2 is 2.31 bits per heavy atom. The van der Waals surface area contributed by atoms with Crippen molar-refractivity contribution >= 4 is 34.6 Å². The van der Waals surface area contributed by atoms with Crippen molar-refractivity contribution in [2.75, 3.05) is 12.4 Å². The van der Waals surface area contributed by atoms with Gasteiger partial charge in [0.25, 0.3) is 0 Å². The van der Waals surface area contributed by atoms with Crippen molar-refractivity contribution < 1.29 is 19.1 Å². The van der Waals surface area contributed by atoms with E-state index in [9.17, 15) is 14.4 Å². The van der Waals surface area contributed by atoms with E-state index < -0.39 is 5.97 Å². The number of rotatable bonds is 5. The molecule has 1 aromatic heterocycles. The topological polar surface area (TPSA) is 85.4 Å². The summed E-state index contributed by atoms with van der Waals surface area (Å²) in [5.74, 6) is -0.778. The SMILES string of the molecule is COC(=O)CCC(=O)Nc1ncc(C=O)s1. The van der Waals surface area contributed by atoms with Crippen molar-refractivity contribution in [3.63, 3.8) is 0 Å². The van der Waals surface area contributed by atoms with E-state index in [0.29, 0.717) is 16.3 Å². The molecule has 1 heterocycles. The monoisotopic (exact) mass is 242 g/mol. The van der Waals surface area contributed by atoms with E-state index in [1.807, 2.05) is 0 Å². The molecule has 0 saturated carbocycles. The first kappa shape index (κ1) is 12.3. The van der Waals surface area contributed by atoms with Gasteiger partial charge in [-0.2, -0.15) is 0 Å². The number of esters is 1. The lowest BCUT2D eigenvalue weighted by Gasteiger charge is -2.00. The van der Waals surface area contributed by atoms with Crippen molar-refractivity contribution in [1.29, 1.82) is 0 Å². The van der Waals surface area contributed by atoms with E-state index in [1.54, 1.807) is 0 Å². The van der Waals surface area contributed by atoms with Crippen molar-refractivity contribution in [2.45, 2.75) is 12.8 Å². The summed E-state index contributed by atoms with van der Waals surface area (Å²) in [7, 11) is 1.26. The van der Waals surface area contributed by atoms with Crippen LogP contribution in [0, 0.1) is 0 Å². The minimum atomic E-state index is -0.442. The molecular formula is C9H10N2O4S. The van der Waals surface area contributed by atoms with Gasteiger partial charge in [-0.15, -0.1) is 0 Å². The molecule has 0 atom stereocenters. The van der Waals surface area contributed by atoms with Crippen molar-refractivity contribution in [1.82, 2.24) is 4.98 Å². The van der Waals surface area contributed by atoms with Crippen LogP contribution in [0.15, 0.2) is 6.20 Å². The number of anilines is 1. The van der Waals surface area contributed by atoms with Crippen molar-refractivity contribution in [3.05, 3.63) is 11.1 Å². The molecule has 0 aromatic carbocycles. The van der Waals surface area contributed by atoms with Gasteiger partial charge >= 0.3 is 5.97 Å². The number of nitrogens with one attached hydrogen (secondary N) is 1. The van der Waals surface area contributed by atoms with E-state index in [2.05, 4.69) is 15.0 Å². The number of hydrogen-bond donors (Lipinski definition) is 1. The van der Waals surface area contributed by atoms with Crippen LogP contribution in [0.2, 0.25) is 0 Å². The fraction of sp³-hybridized carbons (Fsp3) is 0.333. The molecule has 1 rings (SSSR count). The molecular weight excluding hydrogens is 232 g/mol. The van der Waals surface area contributed by atoms with Crippen LogP contribution in [0.25, 0.3) is 0 Å². The maximum Gasteiger partial charge on any atom is 0.306 e. The maximum absolute atomic E-state index is 11.3. The molecule has 0 unspecified atom stereocenters. The summed E-state index contributed by atoms with van der Waals surface area (Å²) in [6.45, 7) is 0. The predicted octanol–water partition coefficient (Wildman–Crippen LogP) is 0.847. The van der Waals surface area contributed by atoms with E-state index in [1.165, 1.54) is 13.3 Å². The zero-order valence-electron chi connectivity index (χ0n) is 8.56. The second-order valence-corrected chi connectivity index (χ2v) is 3.87. The number of carbonyl (C=O) groups excluding carboxylic acids is 3. The number of hydrogen-bond acceptors (Lipinski definition) is 6. The van der Waals surface area contributed by atoms with Crippen LogP contribution < -0.4 is 5.32 Å². The van der Waals surface area contributed by atoms with E-state index in [4.69, 9.17) is 0 Å². The number of methoxy groups -OCH3 is 1. The molecule has 0 aliphatic rings. The van der Waals surface area contributed by atoms with Gasteiger partial charge in [-0.1, -0.05) is 11.3 Å². The normalized spacial score (nSPS) is 9.56. The average molecular weight is 242 g/mol. The second-order valence-electron chi connectivity index (χ2n) is 2.81. The van der Waals surface area contributed by atoms with Crippen LogP contribution in [0.3, 0.4) is 0 Å². The highest BCUT2D eigenvalue weighted by Gasteiger charge is 2.09. The van der Waals surface area contributed by atoms with Crippen molar-refractivity contribution in [3.8, 4) is 0 Å². The highest BCUT2D eigenvalue weighted by atomic mass is 32.1. The third-order valence-corrected chi connectivity index (χ3v) is 2.51. The summed E-state index contributed by atoms with van der Waals surface area (Å²) in [6, 6.07) is 0. The maximum atomic E-state index is 11.3. The molecule has 6 nitrogen and oxygen atoms in total. The summed E-state index contributed by atoms with van der Waals surface area (Å²) in [5, 5.41) is 2.82. The molecule has 1 amide bonds. The largest absolute Gasteiger partial charge is 0.469 e. The Bertz CT molecular complexity index is 402. The van der Waals surface area contributed by atoms with E-state index >= 15 is 0 Å². The fourth-order valence-electron chi connectivity index (χ4n) is 0.898. The lowest BCUT2D eigenvalue weighted by Crippen LogP contribution is -2.13. The highest BCUT2D eigenvalue weighted by Crippen LogP contribution is 2.16. The molecule has 0 aliphatic carbocycles. The third kappa shape index (κ3) is 3.77. The molecule has 0 fully saturated rings. The number of carbonyl (C=O) groups is 3. The standard InChI is InChI=1S/C9H10N2O4S/c1-15-8(14)3-2-7(13)11-9-10-4-6(5-12)16-9/h4-5H,2-3H2,1H3,(H,10,11,13). The Labute approximate surface area is 95.6 Å². The zero-order valence-corrected chi connectivity index (χ0v) is 9.37. The quantitative estimate of drug-likeness (QED) is 0.611. The smallest absolute Gasteiger partial charge is 0.306 e. The molecule has 1 aromatic rings. The van der Waals surface area contributed by atoms with E-state index in [-0.39, 0.29) is 18.7 Å². The van der Waals surface area contributed by atoms with Gasteiger partial charge < -0.3 is 10.1 Å². The van der Waals surface area contributed by atoms with E-state index in [0.717, 1.165) is 11.3 Å². The minimum Gasteiger partial charge on any atom is -0.469 e. The number of ether oxygens (including phenoxy) is 1. The number of nitrogens with zero attached hydrogens (tertiary/aromatic N) is 1. The molecule has 0 aliphatic heterocycles. The van der Waals surface area contributed by atoms with Gasteiger partial charge in [-0.05, 0) is 0 Å². The predicted molar refractivity (Wildman–Crippen MR) is 57.4 cm³/mol. The second kappa shape index (κ2) is 5.96. The lowest BCUT2D eigenvalue weighted by molar-refractivity contribution is -0.141. The first-order chi connectivity index (χ1) is 7.65. The summed E-state index contributed by atoms with van der Waals surface area (Å²) in [6.07, 6.45) is 2.08. The van der Waals surface area contributed by atoms with Gasteiger partial charge in [-0.3, -0.25) is 14.4 Å². The molecule has 0 saturated heterocycles. The van der Waals surface area contributed by atoms with Crippen LogP contribution in [-0.2, 0) is 14.3 Å². The molecule has 7 heteroatoms. The number of thiazole rings is 1. The third-order valence-electron chi connectivity index (χ3n) is 1.67. The summed E-state index contributed by atoms with van der Waals surface area (Å²) in [4.78, 5) is 36.7. The zero-order chi connectivity index (χ0) is 12.0. The Morgan fingerprint density at radius 1 is 1.56 bits per heavy atom. The van der Waals surface area contributed by atoms with Crippen LogP contribution in [-0.4, -0.2) is 30.3 Å². The highest BCUT2D eigenvalue weighted by molar-refractivity contribution is 7.17. The van der Waals surface area contributed by atoms with Crippen LogP contribution in [0.1, 0.15) is 22.5 Å². The summed E-state index contributed by atoms with van der Waals surface area (Å²) >= 11 is 1.07. The molecule has 1 N–H and O–H groups in total. The van der Waals surface area contributed by atoms with Gasteiger partial charge in [0.05, 0.1) is 24.6 Å². The number of aromatic nitrogens is 1. The summed E-state index contributed by atoms with van der Waals surface area (Å²) < 4.78 is 4.39. The van der Waals surface area contributed by atoms with Gasteiger partial charge in [0, 0.05) is 6.42 Å². The average Bonchev–Trinajstić information content (AvgIpc) is 2.73. The first-order valence-electron chi connectivity index (χ1n) is 4.43.